The Balaban J connectivity index is 0.000000490. The molecule has 2 nitrogen and oxygen atoms in total. The van der Waals surface area contributed by atoms with Crippen molar-refractivity contribution in [1.29, 1.82) is 0 Å². The standard InChI is InChI=1S/C5H5N2.K/c1-5-2-3-6-7-4-5;/h2-4H,1H2;/q-1;+1. The molecule has 1 aromatic rings. The van der Waals surface area contributed by atoms with Crippen LogP contribution in [0.15, 0.2) is 18.5 Å². The van der Waals surface area contributed by atoms with Crippen LogP contribution in [0.2, 0.25) is 0 Å². The smallest absolute Gasteiger partial charge is 0.226 e. The van der Waals surface area contributed by atoms with Crippen LogP contribution in [0.25, 0.3) is 0 Å². The van der Waals surface area contributed by atoms with Gasteiger partial charge < -0.3 is 0 Å². The van der Waals surface area contributed by atoms with Crippen LogP contribution in [-0.2, 0) is 0 Å². The molecule has 0 amide bonds. The zero-order valence-electron chi connectivity index (χ0n) is 4.83. The number of aromatic nitrogens is 2. The van der Waals surface area contributed by atoms with Crippen molar-refractivity contribution in [3.8, 4) is 0 Å². The molecule has 0 unspecified atom stereocenters. The molecule has 0 bridgehead atoms. The van der Waals surface area contributed by atoms with E-state index in [-0.39, 0.29) is 51.4 Å². The zero-order chi connectivity index (χ0) is 5.11. The maximum atomic E-state index is 3.62. The quantitative estimate of drug-likeness (QED) is 0.292. The van der Waals surface area contributed by atoms with Crippen molar-refractivity contribution in [2.75, 3.05) is 0 Å². The van der Waals surface area contributed by atoms with E-state index in [4.69, 9.17) is 0 Å². The van der Waals surface area contributed by atoms with Gasteiger partial charge in [-0.25, -0.2) is 5.10 Å². The average Bonchev–Trinajstić information content (AvgIpc) is 1.69. The van der Waals surface area contributed by atoms with Gasteiger partial charge in [-0.1, -0.05) is 6.20 Å². The molecule has 0 radical (unpaired) electrons. The number of rotatable bonds is 0. The molecule has 0 N–H and O–H groups in total. The Kier molecular flexibility index (Phi) is 4.79. The monoisotopic (exact) mass is 132 g/mol. The molecule has 1 heterocycles. The Bertz CT molecular complexity index is 140. The molecule has 1 aromatic heterocycles. The van der Waals surface area contributed by atoms with Crippen molar-refractivity contribution in [3.63, 3.8) is 0 Å². The summed E-state index contributed by atoms with van der Waals surface area (Å²) in [4.78, 5) is 0. The Labute approximate surface area is 91.1 Å². The molecular weight excluding hydrogens is 127 g/mol. The summed E-state index contributed by atoms with van der Waals surface area (Å²) in [6.45, 7) is 3.62. The first kappa shape index (κ1) is 8.59. The first-order chi connectivity index (χ1) is 3.39. The van der Waals surface area contributed by atoms with Crippen LogP contribution in [0, 0.1) is 6.92 Å². The van der Waals surface area contributed by atoms with Gasteiger partial charge in [-0.2, -0.15) is 17.6 Å². The maximum Gasteiger partial charge on any atom is 1.00 e. The topological polar surface area (TPSA) is 25.8 Å². The van der Waals surface area contributed by atoms with E-state index < -0.39 is 0 Å². The summed E-state index contributed by atoms with van der Waals surface area (Å²) in [5.74, 6) is 0. The van der Waals surface area contributed by atoms with Gasteiger partial charge in [0.05, 0.1) is 0 Å². The third-order valence-corrected chi connectivity index (χ3v) is 0.646. The van der Waals surface area contributed by atoms with Crippen molar-refractivity contribution in [2.24, 2.45) is 0 Å². The van der Waals surface area contributed by atoms with Crippen LogP contribution in [0.4, 0.5) is 0 Å². The molecule has 0 aliphatic heterocycles. The third kappa shape index (κ3) is 2.79. The van der Waals surface area contributed by atoms with Crippen molar-refractivity contribution < 1.29 is 51.4 Å². The first-order valence-electron chi connectivity index (χ1n) is 1.98. The van der Waals surface area contributed by atoms with Gasteiger partial charge in [0.1, 0.15) is 0 Å². The summed E-state index contributed by atoms with van der Waals surface area (Å²) >= 11 is 0. The Morgan fingerprint density at radius 1 is 1.38 bits per heavy atom. The Hall–Kier alpha value is 0.586. The Morgan fingerprint density at radius 3 is 2.38 bits per heavy atom. The van der Waals surface area contributed by atoms with Crippen molar-refractivity contribution >= 4 is 0 Å². The summed E-state index contributed by atoms with van der Waals surface area (Å²) in [7, 11) is 0. The molecule has 0 spiro atoms. The molecule has 0 fully saturated rings. The average molecular weight is 132 g/mol. The van der Waals surface area contributed by atoms with Gasteiger partial charge in [0.15, 0.2) is 0 Å². The minimum atomic E-state index is 0. The molecule has 0 atom stereocenters. The van der Waals surface area contributed by atoms with E-state index in [2.05, 4.69) is 17.1 Å². The number of hydrogen-bond acceptors (Lipinski definition) is 2. The predicted molar refractivity (Wildman–Crippen MR) is 26.5 cm³/mol. The largest absolute Gasteiger partial charge is 1.00 e. The summed E-state index contributed by atoms with van der Waals surface area (Å²) in [6.07, 6.45) is 3.22. The van der Waals surface area contributed by atoms with Gasteiger partial charge in [-0.05, 0) is 6.20 Å². The molecule has 8 heavy (non-hydrogen) atoms. The van der Waals surface area contributed by atoms with E-state index in [1.807, 2.05) is 0 Å². The van der Waals surface area contributed by atoms with E-state index in [9.17, 15) is 0 Å². The Morgan fingerprint density at radius 2 is 2.12 bits per heavy atom. The van der Waals surface area contributed by atoms with E-state index in [0.717, 1.165) is 5.56 Å². The van der Waals surface area contributed by atoms with Crippen LogP contribution in [0.1, 0.15) is 5.56 Å². The van der Waals surface area contributed by atoms with Gasteiger partial charge in [-0.3, -0.25) is 0 Å². The van der Waals surface area contributed by atoms with Crippen LogP contribution in [0.5, 0.6) is 0 Å². The van der Waals surface area contributed by atoms with Crippen molar-refractivity contribution in [1.82, 2.24) is 10.2 Å². The van der Waals surface area contributed by atoms with E-state index >= 15 is 0 Å². The molecule has 0 aliphatic carbocycles. The van der Waals surface area contributed by atoms with Crippen LogP contribution in [-0.4, -0.2) is 10.2 Å². The van der Waals surface area contributed by atoms with Gasteiger partial charge in [0.25, 0.3) is 0 Å². The van der Waals surface area contributed by atoms with E-state index in [1.54, 1.807) is 18.5 Å². The molecule has 3 heteroatoms. The summed E-state index contributed by atoms with van der Waals surface area (Å²) in [5, 5.41) is 7.13. The first-order valence-corrected chi connectivity index (χ1v) is 1.98. The van der Waals surface area contributed by atoms with Crippen LogP contribution >= 0.6 is 0 Å². The molecule has 0 saturated heterocycles. The molecule has 0 aliphatic rings. The fraction of sp³-hybridized carbons (Fsp3) is 0. The fourth-order valence-electron chi connectivity index (χ4n) is 0.318. The third-order valence-electron chi connectivity index (χ3n) is 0.646. The van der Waals surface area contributed by atoms with Crippen molar-refractivity contribution in [2.45, 2.75) is 0 Å². The zero-order valence-corrected chi connectivity index (χ0v) is 7.96. The summed E-state index contributed by atoms with van der Waals surface area (Å²) < 4.78 is 0. The number of nitrogens with zero attached hydrogens (tertiary/aromatic N) is 2. The molecule has 36 valence electrons. The minimum absolute atomic E-state index is 0. The summed E-state index contributed by atoms with van der Waals surface area (Å²) in [5.41, 5.74) is 0.898. The predicted octanol–water partition coefficient (Wildman–Crippen LogP) is -2.34. The van der Waals surface area contributed by atoms with Crippen LogP contribution in [0.3, 0.4) is 0 Å². The SMILES string of the molecule is [CH2-]c1ccnnc1.[K+]. The van der Waals surface area contributed by atoms with Crippen molar-refractivity contribution in [3.05, 3.63) is 30.9 Å². The molecule has 1 rings (SSSR count). The molecule has 0 aromatic carbocycles. The second-order valence-corrected chi connectivity index (χ2v) is 1.25. The molecule has 0 saturated carbocycles. The number of hydrogen-bond donors (Lipinski definition) is 0. The van der Waals surface area contributed by atoms with Crippen LogP contribution < -0.4 is 51.4 Å². The summed E-state index contributed by atoms with van der Waals surface area (Å²) in [6, 6.07) is 1.80. The van der Waals surface area contributed by atoms with Gasteiger partial charge in [0.2, 0.25) is 0 Å². The van der Waals surface area contributed by atoms with Gasteiger partial charge in [-0.15, -0.1) is 6.07 Å². The maximum absolute atomic E-state index is 3.62. The second-order valence-electron chi connectivity index (χ2n) is 1.25. The van der Waals surface area contributed by atoms with Gasteiger partial charge in [0, 0.05) is 0 Å². The fourth-order valence-corrected chi connectivity index (χ4v) is 0.318. The van der Waals surface area contributed by atoms with E-state index in [0.29, 0.717) is 0 Å². The molecular formula is C5H5KN2. The van der Waals surface area contributed by atoms with Gasteiger partial charge >= 0.3 is 51.4 Å². The second kappa shape index (κ2) is 4.46. The van der Waals surface area contributed by atoms with E-state index in [1.165, 1.54) is 0 Å². The minimum Gasteiger partial charge on any atom is -0.226 e. The normalized spacial score (nSPS) is 7.50.